The summed E-state index contributed by atoms with van der Waals surface area (Å²) in [5.74, 6) is -0.345. The minimum Gasteiger partial charge on any atom is -0.445 e. The highest BCUT2D eigenvalue weighted by atomic mass is 19.4. The Hall–Kier alpha value is -2.05. The predicted octanol–water partition coefficient (Wildman–Crippen LogP) is 4.87. The lowest BCUT2D eigenvalue weighted by Gasteiger charge is -2.37. The van der Waals surface area contributed by atoms with Crippen molar-refractivity contribution in [3.8, 4) is 0 Å². The van der Waals surface area contributed by atoms with Crippen molar-refractivity contribution in [1.82, 2.24) is 4.90 Å². The minimum atomic E-state index is -4.22. The summed E-state index contributed by atoms with van der Waals surface area (Å²) in [5, 5.41) is 0. The number of Topliss-reactive ketones (excluding diaryl/α,β-unsaturated/α-hetero) is 1. The van der Waals surface area contributed by atoms with E-state index in [9.17, 15) is 22.8 Å². The molecule has 2 fully saturated rings. The van der Waals surface area contributed by atoms with Crippen molar-refractivity contribution in [2.24, 2.45) is 5.92 Å². The molecule has 3 rings (SSSR count). The zero-order valence-corrected chi connectivity index (χ0v) is 15.1. The molecule has 27 heavy (non-hydrogen) atoms. The van der Waals surface area contributed by atoms with Gasteiger partial charge in [-0.15, -0.1) is 0 Å². The number of rotatable bonds is 6. The van der Waals surface area contributed by atoms with Gasteiger partial charge < -0.3 is 9.64 Å². The SMILES string of the molecule is O=C(CCCC(F)(F)F)C1CC2CCC(C1)N2C(=O)OCc1ccccc1. The fourth-order valence-electron chi connectivity index (χ4n) is 4.20. The Bertz CT molecular complexity index is 648. The smallest absolute Gasteiger partial charge is 0.410 e. The molecule has 0 aliphatic carbocycles. The largest absolute Gasteiger partial charge is 0.445 e. The first-order valence-electron chi connectivity index (χ1n) is 9.42. The highest BCUT2D eigenvalue weighted by Gasteiger charge is 2.45. The molecule has 0 radical (unpaired) electrons. The van der Waals surface area contributed by atoms with Crippen LogP contribution in [0.25, 0.3) is 0 Å². The van der Waals surface area contributed by atoms with Crippen molar-refractivity contribution >= 4 is 11.9 Å². The average Bonchev–Trinajstić information content (AvgIpc) is 2.89. The van der Waals surface area contributed by atoms with E-state index >= 15 is 0 Å². The maximum Gasteiger partial charge on any atom is 0.410 e. The predicted molar refractivity (Wildman–Crippen MR) is 92.9 cm³/mol. The van der Waals surface area contributed by atoms with Crippen LogP contribution in [-0.2, 0) is 16.1 Å². The van der Waals surface area contributed by atoms with E-state index in [1.54, 1.807) is 4.90 Å². The van der Waals surface area contributed by atoms with Gasteiger partial charge in [0.2, 0.25) is 0 Å². The lowest BCUT2D eigenvalue weighted by Crippen LogP contribution is -2.48. The number of carbonyl (C=O) groups is 2. The molecule has 0 N–H and O–H groups in total. The highest BCUT2D eigenvalue weighted by Crippen LogP contribution is 2.40. The van der Waals surface area contributed by atoms with Gasteiger partial charge in [-0.3, -0.25) is 4.79 Å². The summed E-state index contributed by atoms with van der Waals surface area (Å²) in [6.45, 7) is 0.204. The summed E-state index contributed by atoms with van der Waals surface area (Å²) >= 11 is 0. The Labute approximate surface area is 156 Å². The molecular formula is C20H24F3NO3. The van der Waals surface area contributed by atoms with Crippen molar-refractivity contribution < 1.29 is 27.5 Å². The fourth-order valence-corrected chi connectivity index (χ4v) is 4.20. The molecule has 2 unspecified atom stereocenters. The van der Waals surface area contributed by atoms with E-state index in [1.807, 2.05) is 30.3 Å². The molecule has 2 saturated heterocycles. The zero-order valence-electron chi connectivity index (χ0n) is 15.1. The van der Waals surface area contributed by atoms with Crippen molar-refractivity contribution in [3.63, 3.8) is 0 Å². The third kappa shape index (κ3) is 5.23. The number of piperidine rings is 1. The summed E-state index contributed by atoms with van der Waals surface area (Å²) in [6, 6.07) is 9.31. The van der Waals surface area contributed by atoms with Crippen molar-refractivity contribution in [2.45, 2.75) is 69.8 Å². The van der Waals surface area contributed by atoms with Crippen LogP contribution >= 0.6 is 0 Å². The Morgan fingerprint density at radius 1 is 1.07 bits per heavy atom. The normalized spacial score (nSPS) is 24.7. The van der Waals surface area contributed by atoms with E-state index in [0.29, 0.717) is 12.8 Å². The Kier molecular flexibility index (Phi) is 6.07. The summed E-state index contributed by atoms with van der Waals surface area (Å²) in [4.78, 5) is 26.5. The van der Waals surface area contributed by atoms with Crippen molar-refractivity contribution in [2.75, 3.05) is 0 Å². The molecule has 1 amide bonds. The number of carbonyl (C=O) groups excluding carboxylic acids is 2. The Balaban J connectivity index is 1.49. The van der Waals surface area contributed by atoms with Crippen molar-refractivity contribution in [1.29, 1.82) is 0 Å². The second-order valence-corrected chi connectivity index (χ2v) is 7.44. The quantitative estimate of drug-likeness (QED) is 0.704. The van der Waals surface area contributed by atoms with Gasteiger partial charge in [0.25, 0.3) is 0 Å². The number of fused-ring (bicyclic) bond motifs is 2. The van der Waals surface area contributed by atoms with Gasteiger partial charge in [-0.25, -0.2) is 4.79 Å². The first-order chi connectivity index (χ1) is 12.8. The number of hydrogen-bond donors (Lipinski definition) is 0. The molecule has 2 aliphatic rings. The first-order valence-corrected chi connectivity index (χ1v) is 9.42. The average molecular weight is 383 g/mol. The molecule has 0 saturated carbocycles. The van der Waals surface area contributed by atoms with E-state index in [2.05, 4.69) is 0 Å². The maximum atomic E-state index is 12.5. The van der Waals surface area contributed by atoms with Crippen molar-refractivity contribution in [3.05, 3.63) is 35.9 Å². The van der Waals surface area contributed by atoms with Gasteiger partial charge in [0, 0.05) is 30.8 Å². The van der Waals surface area contributed by atoms with E-state index < -0.39 is 12.6 Å². The molecule has 2 bridgehead atoms. The van der Waals surface area contributed by atoms with E-state index in [4.69, 9.17) is 4.74 Å². The summed E-state index contributed by atoms with van der Waals surface area (Å²) < 4.78 is 42.2. The third-order valence-corrected chi connectivity index (χ3v) is 5.49. The highest BCUT2D eigenvalue weighted by molar-refractivity contribution is 5.81. The topological polar surface area (TPSA) is 46.6 Å². The van der Waals surface area contributed by atoms with Crippen LogP contribution in [0.4, 0.5) is 18.0 Å². The molecule has 2 atom stereocenters. The molecular weight excluding hydrogens is 359 g/mol. The number of alkyl halides is 3. The molecule has 0 spiro atoms. The van der Waals surface area contributed by atoms with Crippen LogP contribution in [0.15, 0.2) is 30.3 Å². The lowest BCUT2D eigenvalue weighted by atomic mass is 9.86. The molecule has 1 aromatic carbocycles. The maximum absolute atomic E-state index is 12.5. The molecule has 4 nitrogen and oxygen atoms in total. The Morgan fingerprint density at radius 3 is 2.30 bits per heavy atom. The van der Waals surface area contributed by atoms with E-state index in [-0.39, 0.29) is 49.3 Å². The molecule has 148 valence electrons. The van der Waals surface area contributed by atoms with Crippen LogP contribution in [-0.4, -0.2) is 35.0 Å². The van der Waals surface area contributed by atoms with Crippen LogP contribution in [0, 0.1) is 5.92 Å². The number of halogens is 3. The second kappa shape index (κ2) is 8.31. The van der Waals surface area contributed by atoms with Crippen LogP contribution in [0.5, 0.6) is 0 Å². The molecule has 2 heterocycles. The summed E-state index contributed by atoms with van der Waals surface area (Å²) in [7, 11) is 0. The molecule has 2 aliphatic heterocycles. The molecule has 0 aromatic heterocycles. The van der Waals surface area contributed by atoms with Crippen LogP contribution in [0.3, 0.4) is 0 Å². The fraction of sp³-hybridized carbons (Fsp3) is 0.600. The van der Waals surface area contributed by atoms with E-state index in [1.165, 1.54) is 0 Å². The third-order valence-electron chi connectivity index (χ3n) is 5.49. The monoisotopic (exact) mass is 383 g/mol. The van der Waals surface area contributed by atoms with Crippen LogP contribution in [0.2, 0.25) is 0 Å². The van der Waals surface area contributed by atoms with Gasteiger partial charge in [-0.05, 0) is 37.7 Å². The molecule has 1 aromatic rings. The van der Waals surface area contributed by atoms with Gasteiger partial charge >= 0.3 is 12.3 Å². The first kappa shape index (κ1) is 19.7. The lowest BCUT2D eigenvalue weighted by molar-refractivity contribution is -0.138. The number of hydrogen-bond acceptors (Lipinski definition) is 3. The number of ketones is 1. The van der Waals surface area contributed by atoms with Gasteiger partial charge in [0.1, 0.15) is 12.4 Å². The number of nitrogens with zero attached hydrogens (tertiary/aromatic N) is 1. The zero-order chi connectivity index (χ0) is 19.4. The number of ether oxygens (including phenoxy) is 1. The summed E-state index contributed by atoms with van der Waals surface area (Å²) in [5.41, 5.74) is 0.910. The van der Waals surface area contributed by atoms with Crippen LogP contribution < -0.4 is 0 Å². The van der Waals surface area contributed by atoms with Gasteiger partial charge in [0.15, 0.2) is 0 Å². The van der Waals surface area contributed by atoms with Gasteiger partial charge in [-0.2, -0.15) is 13.2 Å². The number of benzene rings is 1. The molecule has 7 heteroatoms. The Morgan fingerprint density at radius 2 is 1.70 bits per heavy atom. The second-order valence-electron chi connectivity index (χ2n) is 7.44. The minimum absolute atomic E-state index is 0.0396. The van der Waals surface area contributed by atoms with Gasteiger partial charge in [-0.1, -0.05) is 30.3 Å². The number of amides is 1. The standard InChI is InChI=1S/C20H24F3NO3/c21-20(22,23)10-4-7-18(25)15-11-16-8-9-17(12-15)24(16)19(26)27-13-14-5-2-1-3-6-14/h1-3,5-6,15-17H,4,7-13H2. The van der Waals surface area contributed by atoms with Gasteiger partial charge in [0.05, 0.1) is 0 Å². The van der Waals surface area contributed by atoms with E-state index in [0.717, 1.165) is 18.4 Å². The summed E-state index contributed by atoms with van der Waals surface area (Å²) in [6.07, 6.45) is -3.01. The van der Waals surface area contributed by atoms with Crippen LogP contribution in [0.1, 0.15) is 50.5 Å².